The second-order valence-electron chi connectivity index (χ2n) is 4.41. The zero-order valence-electron chi connectivity index (χ0n) is 9.77. The highest BCUT2D eigenvalue weighted by Crippen LogP contribution is 2.24. The van der Waals surface area contributed by atoms with E-state index in [0.29, 0.717) is 24.6 Å². The number of carbonyl (C=O) groups excluding carboxylic acids is 1. The summed E-state index contributed by atoms with van der Waals surface area (Å²) in [4.78, 5) is 18.0. The van der Waals surface area contributed by atoms with Gasteiger partial charge in [0, 0.05) is 30.4 Å². The summed E-state index contributed by atoms with van der Waals surface area (Å²) in [7, 11) is 0. The van der Waals surface area contributed by atoms with E-state index in [1.807, 2.05) is 0 Å². The molecule has 2 heterocycles. The Morgan fingerprint density at radius 1 is 1.67 bits per heavy atom. The van der Waals surface area contributed by atoms with Crippen LogP contribution in [0.2, 0.25) is 5.15 Å². The zero-order chi connectivity index (χ0) is 13.1. The molecule has 0 spiro atoms. The van der Waals surface area contributed by atoms with Gasteiger partial charge in [0.05, 0.1) is 5.56 Å². The first-order valence-electron chi connectivity index (χ1n) is 5.83. The Morgan fingerprint density at radius 2 is 2.44 bits per heavy atom. The van der Waals surface area contributed by atoms with Crippen molar-refractivity contribution in [2.24, 2.45) is 5.92 Å². The molecule has 1 unspecified atom stereocenters. The van der Waals surface area contributed by atoms with E-state index in [0.717, 1.165) is 17.3 Å². The Hall–Kier alpha value is -0.650. The highest BCUT2D eigenvalue weighted by molar-refractivity contribution is 9.10. The van der Waals surface area contributed by atoms with Crippen LogP contribution in [0.5, 0.6) is 0 Å². The first kappa shape index (κ1) is 13.8. The van der Waals surface area contributed by atoms with Crippen LogP contribution in [0.25, 0.3) is 0 Å². The minimum atomic E-state index is -0.0887. The molecule has 1 aliphatic rings. The van der Waals surface area contributed by atoms with E-state index in [9.17, 15) is 4.79 Å². The first-order valence-corrected chi connectivity index (χ1v) is 7.00. The van der Waals surface area contributed by atoms with Gasteiger partial charge in [-0.3, -0.25) is 4.79 Å². The lowest BCUT2D eigenvalue weighted by Crippen LogP contribution is -2.29. The lowest BCUT2D eigenvalue weighted by Gasteiger charge is -2.17. The van der Waals surface area contributed by atoms with Gasteiger partial charge in [-0.2, -0.15) is 0 Å². The summed E-state index contributed by atoms with van der Waals surface area (Å²) in [6.07, 6.45) is 3.25. The molecule has 2 rings (SSSR count). The summed E-state index contributed by atoms with van der Waals surface area (Å²) in [6.45, 7) is 1.57. The number of pyridine rings is 1. The number of aliphatic hydroxyl groups excluding tert-OH is 1. The lowest BCUT2D eigenvalue weighted by atomic mass is 10.1. The van der Waals surface area contributed by atoms with E-state index in [2.05, 4.69) is 20.9 Å². The van der Waals surface area contributed by atoms with Crippen LogP contribution in [0.1, 0.15) is 23.2 Å². The van der Waals surface area contributed by atoms with Crippen LogP contribution in [0, 0.1) is 5.92 Å². The molecule has 0 aromatic carbocycles. The third-order valence-corrected chi connectivity index (χ3v) is 3.88. The average molecular weight is 334 g/mol. The molecule has 1 fully saturated rings. The maximum absolute atomic E-state index is 12.3. The van der Waals surface area contributed by atoms with Crippen molar-refractivity contribution in [2.45, 2.75) is 12.8 Å². The smallest absolute Gasteiger partial charge is 0.257 e. The molecule has 1 aromatic rings. The number of rotatable bonds is 3. The zero-order valence-corrected chi connectivity index (χ0v) is 12.1. The summed E-state index contributed by atoms with van der Waals surface area (Å²) in [5.41, 5.74) is 0.427. The van der Waals surface area contributed by atoms with Gasteiger partial charge < -0.3 is 10.0 Å². The summed E-state index contributed by atoms with van der Waals surface area (Å²) < 4.78 is 0.737. The van der Waals surface area contributed by atoms with Gasteiger partial charge in [-0.05, 0) is 40.8 Å². The first-order chi connectivity index (χ1) is 8.61. The fourth-order valence-corrected chi connectivity index (χ4v) is 2.69. The van der Waals surface area contributed by atoms with E-state index >= 15 is 0 Å². The topological polar surface area (TPSA) is 53.4 Å². The number of carbonyl (C=O) groups is 1. The molecule has 0 saturated carbocycles. The predicted octanol–water partition coefficient (Wildman–Crippen LogP) is 2.34. The number of halogens is 2. The van der Waals surface area contributed by atoms with E-state index in [4.69, 9.17) is 16.7 Å². The second kappa shape index (κ2) is 5.99. The van der Waals surface area contributed by atoms with Crippen LogP contribution in [-0.4, -0.2) is 40.6 Å². The van der Waals surface area contributed by atoms with Crippen molar-refractivity contribution in [3.8, 4) is 0 Å². The van der Waals surface area contributed by atoms with Crippen LogP contribution in [-0.2, 0) is 0 Å². The van der Waals surface area contributed by atoms with Gasteiger partial charge in [0.2, 0.25) is 0 Å². The Bertz CT molecular complexity index is 456. The molecule has 1 aromatic heterocycles. The van der Waals surface area contributed by atoms with E-state index < -0.39 is 0 Å². The van der Waals surface area contributed by atoms with Gasteiger partial charge in [0.25, 0.3) is 5.91 Å². The predicted molar refractivity (Wildman–Crippen MR) is 72.7 cm³/mol. The quantitative estimate of drug-likeness (QED) is 0.864. The normalized spacial score (nSPS) is 19.3. The summed E-state index contributed by atoms with van der Waals surface area (Å²) in [6, 6.07) is 1.69. The maximum Gasteiger partial charge on any atom is 0.257 e. The van der Waals surface area contributed by atoms with Crippen molar-refractivity contribution in [3.63, 3.8) is 0 Å². The molecule has 1 atom stereocenters. The number of aliphatic hydroxyl groups is 1. The number of nitrogens with zero attached hydrogens (tertiary/aromatic N) is 2. The minimum absolute atomic E-state index is 0.0887. The van der Waals surface area contributed by atoms with Crippen LogP contribution < -0.4 is 0 Å². The summed E-state index contributed by atoms with van der Waals surface area (Å²) >= 11 is 9.23. The van der Waals surface area contributed by atoms with Gasteiger partial charge in [-0.1, -0.05) is 11.6 Å². The minimum Gasteiger partial charge on any atom is -0.396 e. The van der Waals surface area contributed by atoms with Gasteiger partial charge in [-0.15, -0.1) is 0 Å². The van der Waals surface area contributed by atoms with Crippen LogP contribution in [0.15, 0.2) is 16.7 Å². The van der Waals surface area contributed by atoms with Gasteiger partial charge in [0.1, 0.15) is 5.15 Å². The molecule has 0 bridgehead atoms. The highest BCUT2D eigenvalue weighted by atomic mass is 79.9. The Labute approximate surface area is 119 Å². The molecule has 0 radical (unpaired) electrons. The van der Waals surface area contributed by atoms with Crippen molar-refractivity contribution in [3.05, 3.63) is 27.5 Å². The van der Waals surface area contributed by atoms with Crippen LogP contribution in [0.4, 0.5) is 0 Å². The SMILES string of the molecule is O=C(c1cc(Br)cnc1Cl)N1CCC(CCO)C1. The van der Waals surface area contributed by atoms with Crippen LogP contribution in [0.3, 0.4) is 0 Å². The fourth-order valence-electron chi connectivity index (χ4n) is 2.18. The molecule has 1 aliphatic heterocycles. The molecule has 1 amide bonds. The molecular weight excluding hydrogens is 320 g/mol. The number of amides is 1. The lowest BCUT2D eigenvalue weighted by molar-refractivity contribution is 0.0784. The molecule has 1 N–H and O–H groups in total. The number of aromatic nitrogens is 1. The Morgan fingerprint density at radius 3 is 3.17 bits per heavy atom. The van der Waals surface area contributed by atoms with E-state index in [1.54, 1.807) is 17.2 Å². The summed E-state index contributed by atoms with van der Waals surface area (Å²) in [5, 5.41) is 9.14. The molecule has 0 aliphatic carbocycles. The van der Waals surface area contributed by atoms with Crippen molar-refractivity contribution < 1.29 is 9.90 Å². The van der Waals surface area contributed by atoms with Crippen LogP contribution >= 0.6 is 27.5 Å². The standard InChI is InChI=1S/C12H14BrClN2O2/c13-9-5-10(11(14)15-6-9)12(18)16-3-1-8(7-16)2-4-17/h5-6,8,17H,1-4,7H2. The van der Waals surface area contributed by atoms with Gasteiger partial charge >= 0.3 is 0 Å². The molecule has 98 valence electrons. The largest absolute Gasteiger partial charge is 0.396 e. The van der Waals surface area contributed by atoms with Crippen molar-refractivity contribution in [1.82, 2.24) is 9.88 Å². The fraction of sp³-hybridized carbons (Fsp3) is 0.500. The number of hydrogen-bond acceptors (Lipinski definition) is 3. The van der Waals surface area contributed by atoms with E-state index in [1.165, 1.54) is 0 Å². The molecular formula is C12H14BrClN2O2. The van der Waals surface area contributed by atoms with Crippen molar-refractivity contribution in [1.29, 1.82) is 0 Å². The highest BCUT2D eigenvalue weighted by Gasteiger charge is 2.27. The van der Waals surface area contributed by atoms with E-state index in [-0.39, 0.29) is 17.7 Å². The molecule has 18 heavy (non-hydrogen) atoms. The summed E-state index contributed by atoms with van der Waals surface area (Å²) in [5.74, 6) is 0.298. The van der Waals surface area contributed by atoms with Crippen molar-refractivity contribution in [2.75, 3.05) is 19.7 Å². The number of likely N-dealkylation sites (tertiary alicyclic amines) is 1. The molecule has 4 nitrogen and oxygen atoms in total. The van der Waals surface area contributed by atoms with Gasteiger partial charge in [0.15, 0.2) is 0 Å². The second-order valence-corrected chi connectivity index (χ2v) is 5.68. The molecule has 6 heteroatoms. The number of hydrogen-bond donors (Lipinski definition) is 1. The Kier molecular flexibility index (Phi) is 4.59. The molecule has 1 saturated heterocycles. The van der Waals surface area contributed by atoms with Crippen molar-refractivity contribution >= 4 is 33.4 Å². The Balaban J connectivity index is 2.10. The monoisotopic (exact) mass is 332 g/mol. The third kappa shape index (κ3) is 3.02. The average Bonchev–Trinajstić information content (AvgIpc) is 2.80. The van der Waals surface area contributed by atoms with Gasteiger partial charge in [-0.25, -0.2) is 4.98 Å². The third-order valence-electron chi connectivity index (χ3n) is 3.15. The maximum atomic E-state index is 12.3.